The second-order valence-corrected chi connectivity index (χ2v) is 6.55. The number of carbonyl (C=O) groups excluding carboxylic acids is 3. The summed E-state index contributed by atoms with van der Waals surface area (Å²) in [6.45, 7) is -0.632. The van der Waals surface area contributed by atoms with Gasteiger partial charge in [0.1, 0.15) is 18.7 Å². The number of aliphatic hydroxyl groups excluding tert-OH is 1. The van der Waals surface area contributed by atoms with E-state index in [-0.39, 0.29) is 6.61 Å². The van der Waals surface area contributed by atoms with E-state index in [4.69, 9.17) is 9.47 Å². The fraction of sp³-hybridized carbons (Fsp3) is 0.318. The van der Waals surface area contributed by atoms with Gasteiger partial charge in [-0.1, -0.05) is 60.7 Å². The maximum absolute atomic E-state index is 12.5. The summed E-state index contributed by atoms with van der Waals surface area (Å²) in [6, 6.07) is 16.3. The molecule has 2 atom stereocenters. The lowest BCUT2D eigenvalue weighted by Crippen LogP contribution is -2.53. The summed E-state index contributed by atoms with van der Waals surface area (Å²) in [5, 5.41) is 14.3. The zero-order valence-electron chi connectivity index (χ0n) is 16.7. The van der Waals surface area contributed by atoms with Gasteiger partial charge < -0.3 is 25.2 Å². The SMILES string of the molecule is COC(=O)[C@@H](CCc1ccccc1)NC(=O)[C@H](CO)NC(=O)OCc1ccccc1. The molecule has 0 bridgehead atoms. The molecule has 0 aliphatic heterocycles. The molecule has 0 fully saturated rings. The number of benzene rings is 2. The Morgan fingerprint density at radius 3 is 2.07 bits per heavy atom. The van der Waals surface area contributed by atoms with Crippen molar-refractivity contribution >= 4 is 18.0 Å². The molecule has 8 nitrogen and oxygen atoms in total. The molecule has 8 heteroatoms. The lowest BCUT2D eigenvalue weighted by molar-refractivity contribution is -0.145. The predicted molar refractivity (Wildman–Crippen MR) is 109 cm³/mol. The van der Waals surface area contributed by atoms with Crippen molar-refractivity contribution in [3.8, 4) is 0 Å². The van der Waals surface area contributed by atoms with Crippen LogP contribution in [0.5, 0.6) is 0 Å². The van der Waals surface area contributed by atoms with Crippen LogP contribution >= 0.6 is 0 Å². The van der Waals surface area contributed by atoms with Crippen LogP contribution in [-0.4, -0.2) is 48.9 Å². The molecule has 3 N–H and O–H groups in total. The summed E-state index contributed by atoms with van der Waals surface area (Å²) in [5.41, 5.74) is 1.78. The summed E-state index contributed by atoms with van der Waals surface area (Å²) in [7, 11) is 1.23. The largest absolute Gasteiger partial charge is 0.467 e. The molecule has 0 aliphatic rings. The van der Waals surface area contributed by atoms with Gasteiger partial charge in [0.2, 0.25) is 5.91 Å². The van der Waals surface area contributed by atoms with Crippen molar-refractivity contribution in [2.45, 2.75) is 31.5 Å². The number of aliphatic hydroxyl groups is 1. The number of esters is 1. The highest BCUT2D eigenvalue weighted by Crippen LogP contribution is 2.07. The topological polar surface area (TPSA) is 114 Å². The number of hydrogen-bond acceptors (Lipinski definition) is 6. The average molecular weight is 414 g/mol. The quantitative estimate of drug-likeness (QED) is 0.509. The van der Waals surface area contributed by atoms with E-state index in [1.807, 2.05) is 48.5 Å². The fourth-order valence-corrected chi connectivity index (χ4v) is 2.72. The van der Waals surface area contributed by atoms with E-state index in [0.29, 0.717) is 12.8 Å². The van der Waals surface area contributed by atoms with Crippen molar-refractivity contribution in [2.24, 2.45) is 0 Å². The minimum Gasteiger partial charge on any atom is -0.467 e. The smallest absolute Gasteiger partial charge is 0.408 e. The second-order valence-electron chi connectivity index (χ2n) is 6.55. The standard InChI is InChI=1S/C22H26N2O6/c1-29-21(27)18(13-12-16-8-4-2-5-9-16)23-20(26)19(14-25)24-22(28)30-15-17-10-6-3-7-11-17/h2-11,18-19,25H,12-15H2,1H3,(H,23,26)(H,24,28)/t18-,19+/m1/s1. The van der Waals surface area contributed by atoms with E-state index in [9.17, 15) is 19.5 Å². The Hall–Kier alpha value is -3.39. The van der Waals surface area contributed by atoms with Crippen molar-refractivity contribution < 1.29 is 29.0 Å². The lowest BCUT2D eigenvalue weighted by Gasteiger charge is -2.21. The average Bonchev–Trinajstić information content (AvgIpc) is 2.79. The number of nitrogens with one attached hydrogen (secondary N) is 2. The molecule has 2 rings (SSSR count). The lowest BCUT2D eigenvalue weighted by atomic mass is 10.0. The summed E-state index contributed by atoms with van der Waals surface area (Å²) >= 11 is 0. The molecule has 0 spiro atoms. The number of aryl methyl sites for hydroxylation is 1. The predicted octanol–water partition coefficient (Wildman–Crippen LogP) is 1.56. The third kappa shape index (κ3) is 7.56. The number of hydrogen-bond donors (Lipinski definition) is 3. The highest BCUT2D eigenvalue weighted by Gasteiger charge is 2.27. The van der Waals surface area contributed by atoms with Crippen molar-refractivity contribution in [2.75, 3.05) is 13.7 Å². The van der Waals surface area contributed by atoms with Crippen molar-refractivity contribution in [3.05, 3.63) is 71.8 Å². The first-order chi connectivity index (χ1) is 14.5. The Morgan fingerprint density at radius 2 is 1.50 bits per heavy atom. The van der Waals surface area contributed by atoms with Crippen LogP contribution in [0.1, 0.15) is 17.5 Å². The molecule has 2 amide bonds. The monoisotopic (exact) mass is 414 g/mol. The van der Waals surface area contributed by atoms with Crippen LogP contribution in [0.4, 0.5) is 4.79 Å². The third-order valence-corrected chi connectivity index (χ3v) is 4.37. The van der Waals surface area contributed by atoms with E-state index in [0.717, 1.165) is 11.1 Å². The highest BCUT2D eigenvalue weighted by atomic mass is 16.5. The summed E-state index contributed by atoms with van der Waals surface area (Å²) in [4.78, 5) is 36.5. The van der Waals surface area contributed by atoms with Crippen LogP contribution in [0.25, 0.3) is 0 Å². The Kier molecular flexibility index (Phi) is 9.33. The Labute approximate surface area is 175 Å². The molecule has 0 unspecified atom stereocenters. The van der Waals surface area contributed by atoms with Gasteiger partial charge in [-0.3, -0.25) is 4.79 Å². The van der Waals surface area contributed by atoms with Gasteiger partial charge in [-0.05, 0) is 24.0 Å². The molecule has 160 valence electrons. The number of alkyl carbamates (subject to hydrolysis) is 1. The van der Waals surface area contributed by atoms with Crippen molar-refractivity contribution in [1.29, 1.82) is 0 Å². The molecule has 0 heterocycles. The van der Waals surface area contributed by atoms with Gasteiger partial charge in [0.15, 0.2) is 0 Å². The van der Waals surface area contributed by atoms with E-state index in [1.165, 1.54) is 7.11 Å². The molecule has 0 saturated heterocycles. The van der Waals surface area contributed by atoms with Gasteiger partial charge in [0.25, 0.3) is 0 Å². The van der Waals surface area contributed by atoms with E-state index in [1.54, 1.807) is 12.1 Å². The van der Waals surface area contributed by atoms with Gasteiger partial charge in [-0.2, -0.15) is 0 Å². The molecular formula is C22H26N2O6. The molecule has 2 aromatic rings. The van der Waals surface area contributed by atoms with Gasteiger partial charge in [-0.25, -0.2) is 9.59 Å². The first-order valence-electron chi connectivity index (χ1n) is 9.53. The molecular weight excluding hydrogens is 388 g/mol. The maximum Gasteiger partial charge on any atom is 0.408 e. The molecule has 0 radical (unpaired) electrons. The minimum absolute atomic E-state index is 0.0221. The number of methoxy groups -OCH3 is 1. The summed E-state index contributed by atoms with van der Waals surface area (Å²) < 4.78 is 9.81. The first-order valence-corrected chi connectivity index (χ1v) is 9.53. The summed E-state index contributed by atoms with van der Waals surface area (Å²) in [5.74, 6) is -1.32. The molecule has 2 aromatic carbocycles. The normalized spacial score (nSPS) is 12.3. The maximum atomic E-state index is 12.5. The van der Waals surface area contributed by atoms with Gasteiger partial charge in [0.05, 0.1) is 13.7 Å². The van der Waals surface area contributed by atoms with E-state index in [2.05, 4.69) is 10.6 Å². The van der Waals surface area contributed by atoms with E-state index < -0.39 is 36.7 Å². The third-order valence-electron chi connectivity index (χ3n) is 4.37. The zero-order chi connectivity index (χ0) is 21.8. The second kappa shape index (κ2) is 12.2. The van der Waals surface area contributed by atoms with Crippen LogP contribution in [-0.2, 0) is 32.1 Å². The zero-order valence-corrected chi connectivity index (χ0v) is 16.7. The fourth-order valence-electron chi connectivity index (χ4n) is 2.72. The Bertz CT molecular complexity index is 813. The Balaban J connectivity index is 1.89. The highest BCUT2D eigenvalue weighted by molar-refractivity contribution is 5.89. The van der Waals surface area contributed by atoms with Crippen molar-refractivity contribution in [1.82, 2.24) is 10.6 Å². The number of amides is 2. The number of carbonyl (C=O) groups is 3. The minimum atomic E-state index is -1.27. The van der Waals surface area contributed by atoms with E-state index >= 15 is 0 Å². The van der Waals surface area contributed by atoms with Crippen molar-refractivity contribution in [3.63, 3.8) is 0 Å². The Morgan fingerprint density at radius 1 is 0.900 bits per heavy atom. The van der Waals surface area contributed by atoms with Gasteiger partial charge >= 0.3 is 12.1 Å². The van der Waals surface area contributed by atoms with Crippen LogP contribution < -0.4 is 10.6 Å². The van der Waals surface area contributed by atoms with Crippen LogP contribution in [0.2, 0.25) is 0 Å². The first kappa shape index (κ1) is 22.9. The summed E-state index contributed by atoms with van der Waals surface area (Å²) in [6.07, 6.45) is -0.0112. The number of ether oxygens (including phenoxy) is 2. The van der Waals surface area contributed by atoms with Crippen LogP contribution in [0.3, 0.4) is 0 Å². The van der Waals surface area contributed by atoms with Crippen LogP contribution in [0, 0.1) is 0 Å². The molecule has 0 saturated carbocycles. The molecule has 30 heavy (non-hydrogen) atoms. The van der Waals surface area contributed by atoms with Gasteiger partial charge in [0, 0.05) is 0 Å². The van der Waals surface area contributed by atoms with Crippen LogP contribution in [0.15, 0.2) is 60.7 Å². The molecule has 0 aromatic heterocycles. The molecule has 0 aliphatic carbocycles. The van der Waals surface area contributed by atoms with Gasteiger partial charge in [-0.15, -0.1) is 0 Å². The number of rotatable bonds is 10.